The molecular formula is C16H26ClNO. The van der Waals surface area contributed by atoms with Crippen LogP contribution in [0.4, 0.5) is 0 Å². The van der Waals surface area contributed by atoms with Gasteiger partial charge in [-0.05, 0) is 48.6 Å². The molecule has 19 heavy (non-hydrogen) atoms. The fourth-order valence-electron chi connectivity index (χ4n) is 2.19. The third kappa shape index (κ3) is 5.84. The van der Waals surface area contributed by atoms with Gasteiger partial charge in [-0.15, -0.1) is 0 Å². The van der Waals surface area contributed by atoms with E-state index in [1.165, 1.54) is 5.56 Å². The van der Waals surface area contributed by atoms with E-state index in [-0.39, 0.29) is 5.41 Å². The van der Waals surface area contributed by atoms with Gasteiger partial charge in [-0.1, -0.05) is 39.3 Å². The molecule has 0 bridgehead atoms. The molecule has 0 aliphatic heterocycles. The first-order chi connectivity index (χ1) is 8.84. The maximum Gasteiger partial charge on any atom is 0.122 e. The van der Waals surface area contributed by atoms with Crippen LogP contribution in [0, 0.1) is 5.41 Å². The Morgan fingerprint density at radius 3 is 2.58 bits per heavy atom. The van der Waals surface area contributed by atoms with Crippen molar-refractivity contribution in [2.75, 3.05) is 13.7 Å². The van der Waals surface area contributed by atoms with Crippen LogP contribution in [0.5, 0.6) is 5.75 Å². The third-order valence-electron chi connectivity index (χ3n) is 3.27. The van der Waals surface area contributed by atoms with E-state index >= 15 is 0 Å². The van der Waals surface area contributed by atoms with Crippen molar-refractivity contribution in [2.45, 2.75) is 46.6 Å². The molecule has 1 N–H and O–H groups in total. The van der Waals surface area contributed by atoms with Crippen molar-refractivity contribution < 1.29 is 4.74 Å². The molecule has 0 saturated carbocycles. The summed E-state index contributed by atoms with van der Waals surface area (Å²) in [5, 5.41) is 4.24. The zero-order valence-corrected chi connectivity index (χ0v) is 13.5. The van der Waals surface area contributed by atoms with Crippen molar-refractivity contribution in [2.24, 2.45) is 5.41 Å². The highest BCUT2D eigenvalue weighted by Crippen LogP contribution is 2.31. The topological polar surface area (TPSA) is 21.3 Å². The highest BCUT2D eigenvalue weighted by Gasteiger charge is 2.20. The molecule has 0 aliphatic rings. The molecule has 0 heterocycles. The van der Waals surface area contributed by atoms with Gasteiger partial charge in [-0.3, -0.25) is 0 Å². The molecular weight excluding hydrogens is 258 g/mol. The summed E-state index contributed by atoms with van der Waals surface area (Å²) in [7, 11) is 1.71. The Hall–Kier alpha value is -0.730. The minimum atomic E-state index is 0.222. The molecule has 0 unspecified atom stereocenters. The number of nitrogens with one attached hydrogen (secondary N) is 1. The van der Waals surface area contributed by atoms with E-state index in [0.29, 0.717) is 6.04 Å². The van der Waals surface area contributed by atoms with Crippen molar-refractivity contribution in [3.05, 3.63) is 28.8 Å². The summed E-state index contributed by atoms with van der Waals surface area (Å²) in [6.07, 6.45) is 2.09. The summed E-state index contributed by atoms with van der Waals surface area (Å²) in [5.74, 6) is 0.925. The fourth-order valence-corrected chi connectivity index (χ4v) is 2.38. The van der Waals surface area contributed by atoms with Crippen LogP contribution >= 0.6 is 11.6 Å². The van der Waals surface area contributed by atoms with E-state index in [4.69, 9.17) is 16.3 Å². The van der Waals surface area contributed by atoms with Gasteiger partial charge >= 0.3 is 0 Å². The Bertz CT molecular complexity index is 402. The lowest BCUT2D eigenvalue weighted by atomic mass is 9.82. The zero-order valence-electron chi connectivity index (χ0n) is 12.7. The van der Waals surface area contributed by atoms with Crippen molar-refractivity contribution in [3.8, 4) is 5.75 Å². The van der Waals surface area contributed by atoms with Crippen molar-refractivity contribution in [1.29, 1.82) is 0 Å². The Morgan fingerprint density at radius 1 is 1.32 bits per heavy atom. The zero-order chi connectivity index (χ0) is 14.5. The van der Waals surface area contributed by atoms with Gasteiger partial charge in [0.25, 0.3) is 0 Å². The van der Waals surface area contributed by atoms with E-state index < -0.39 is 0 Å². The van der Waals surface area contributed by atoms with Gasteiger partial charge in [-0.25, -0.2) is 0 Å². The maximum atomic E-state index is 6.08. The van der Waals surface area contributed by atoms with Crippen molar-refractivity contribution in [1.82, 2.24) is 5.32 Å². The molecule has 0 atom stereocenters. The molecule has 1 aromatic carbocycles. The summed E-state index contributed by atoms with van der Waals surface area (Å²) in [5.41, 5.74) is 1.41. The average Bonchev–Trinajstić information content (AvgIpc) is 2.27. The Morgan fingerprint density at radius 2 is 2.00 bits per heavy atom. The van der Waals surface area contributed by atoms with Crippen LogP contribution < -0.4 is 10.1 Å². The molecule has 0 saturated heterocycles. The molecule has 108 valence electrons. The monoisotopic (exact) mass is 283 g/mol. The van der Waals surface area contributed by atoms with Crippen molar-refractivity contribution in [3.63, 3.8) is 0 Å². The van der Waals surface area contributed by atoms with Crippen LogP contribution in [0.15, 0.2) is 18.2 Å². The minimum absolute atomic E-state index is 0.222. The number of benzene rings is 1. The summed E-state index contributed by atoms with van der Waals surface area (Å²) >= 11 is 6.08. The summed E-state index contributed by atoms with van der Waals surface area (Å²) in [6.45, 7) is 9.96. The van der Waals surface area contributed by atoms with E-state index in [1.54, 1.807) is 7.11 Å². The van der Waals surface area contributed by atoms with E-state index in [0.717, 1.165) is 30.2 Å². The second kappa shape index (κ2) is 7.16. The summed E-state index contributed by atoms with van der Waals surface area (Å²) in [6, 6.07) is 6.37. The van der Waals surface area contributed by atoms with Gasteiger partial charge in [-0.2, -0.15) is 0 Å². The predicted molar refractivity (Wildman–Crippen MR) is 83.2 cm³/mol. The fraction of sp³-hybridized carbons (Fsp3) is 0.625. The van der Waals surface area contributed by atoms with Gasteiger partial charge in [0.05, 0.1) is 7.11 Å². The second-order valence-electron chi connectivity index (χ2n) is 6.16. The molecule has 0 aromatic heterocycles. The van der Waals surface area contributed by atoms with Crippen LogP contribution in [-0.4, -0.2) is 19.7 Å². The maximum absolute atomic E-state index is 6.08. The largest absolute Gasteiger partial charge is 0.496 e. The first kappa shape index (κ1) is 16.3. The first-order valence-corrected chi connectivity index (χ1v) is 7.27. The SMILES string of the molecule is COc1ccc(Cl)cc1CC(C)(C)CCNC(C)C. The molecule has 1 rings (SSSR count). The molecule has 2 nitrogen and oxygen atoms in total. The molecule has 3 heteroatoms. The van der Waals surface area contributed by atoms with Crippen LogP contribution in [0.25, 0.3) is 0 Å². The highest BCUT2D eigenvalue weighted by molar-refractivity contribution is 6.30. The van der Waals surface area contributed by atoms with Crippen LogP contribution in [-0.2, 0) is 6.42 Å². The Balaban J connectivity index is 2.68. The normalized spacial score (nSPS) is 11.9. The second-order valence-corrected chi connectivity index (χ2v) is 6.59. The summed E-state index contributed by atoms with van der Waals surface area (Å²) < 4.78 is 5.41. The Labute approximate surface area is 122 Å². The number of ether oxygens (including phenoxy) is 1. The predicted octanol–water partition coefficient (Wildman–Crippen LogP) is 4.31. The average molecular weight is 284 g/mol. The minimum Gasteiger partial charge on any atom is -0.496 e. The first-order valence-electron chi connectivity index (χ1n) is 6.90. The standard InChI is InChI=1S/C16H26ClNO/c1-12(2)18-9-8-16(3,4)11-13-10-14(17)6-7-15(13)19-5/h6-7,10,12,18H,8-9,11H2,1-5H3. The summed E-state index contributed by atoms with van der Waals surface area (Å²) in [4.78, 5) is 0. The van der Waals surface area contributed by atoms with Gasteiger partial charge in [0.2, 0.25) is 0 Å². The van der Waals surface area contributed by atoms with E-state index in [1.807, 2.05) is 18.2 Å². The molecule has 0 radical (unpaired) electrons. The highest BCUT2D eigenvalue weighted by atomic mass is 35.5. The number of rotatable bonds is 7. The molecule has 0 spiro atoms. The lowest BCUT2D eigenvalue weighted by molar-refractivity contribution is 0.313. The van der Waals surface area contributed by atoms with Gasteiger partial charge in [0.1, 0.15) is 5.75 Å². The lowest BCUT2D eigenvalue weighted by Crippen LogP contribution is -2.28. The quantitative estimate of drug-likeness (QED) is 0.805. The molecule has 0 aliphatic carbocycles. The smallest absolute Gasteiger partial charge is 0.122 e. The number of hydrogen-bond acceptors (Lipinski definition) is 2. The van der Waals surface area contributed by atoms with Gasteiger partial charge in [0, 0.05) is 11.1 Å². The number of halogens is 1. The number of methoxy groups -OCH3 is 1. The molecule has 1 aromatic rings. The van der Waals surface area contributed by atoms with Gasteiger partial charge in [0.15, 0.2) is 0 Å². The molecule has 0 amide bonds. The lowest BCUT2D eigenvalue weighted by Gasteiger charge is -2.26. The number of hydrogen-bond donors (Lipinski definition) is 1. The molecule has 0 fully saturated rings. The van der Waals surface area contributed by atoms with Crippen LogP contribution in [0.2, 0.25) is 5.02 Å². The van der Waals surface area contributed by atoms with E-state index in [2.05, 4.69) is 33.0 Å². The van der Waals surface area contributed by atoms with E-state index in [9.17, 15) is 0 Å². The Kier molecular flexibility index (Phi) is 6.15. The van der Waals surface area contributed by atoms with Crippen molar-refractivity contribution >= 4 is 11.6 Å². The van der Waals surface area contributed by atoms with Crippen LogP contribution in [0.1, 0.15) is 39.7 Å². The van der Waals surface area contributed by atoms with Crippen LogP contribution in [0.3, 0.4) is 0 Å². The third-order valence-corrected chi connectivity index (χ3v) is 3.50. The van der Waals surface area contributed by atoms with Gasteiger partial charge < -0.3 is 10.1 Å².